The van der Waals surface area contributed by atoms with Gasteiger partial charge < -0.3 is 4.74 Å². The van der Waals surface area contributed by atoms with Gasteiger partial charge >= 0.3 is 0 Å². The molecule has 0 saturated heterocycles. The molecule has 2 amide bonds. The molecular weight excluding hydrogens is 206 g/mol. The summed E-state index contributed by atoms with van der Waals surface area (Å²) in [5, 5.41) is 2.27. The van der Waals surface area contributed by atoms with Gasteiger partial charge in [0.05, 0.1) is 18.2 Å². The highest BCUT2D eigenvalue weighted by atomic mass is 16.5. The van der Waals surface area contributed by atoms with Gasteiger partial charge in [-0.1, -0.05) is 13.8 Å². The van der Waals surface area contributed by atoms with Crippen LogP contribution < -0.4 is 10.1 Å². The van der Waals surface area contributed by atoms with Crippen LogP contribution in [-0.4, -0.2) is 18.9 Å². The molecule has 1 aromatic carbocycles. The van der Waals surface area contributed by atoms with Crippen molar-refractivity contribution in [3.8, 4) is 5.75 Å². The molecule has 0 fully saturated rings. The molecule has 4 heteroatoms. The van der Waals surface area contributed by atoms with E-state index in [2.05, 4.69) is 5.32 Å². The third-order valence-electron chi connectivity index (χ3n) is 2.71. The summed E-state index contributed by atoms with van der Waals surface area (Å²) >= 11 is 0. The molecule has 2 rings (SSSR count). The molecule has 0 unspecified atom stereocenters. The lowest BCUT2D eigenvalue weighted by Gasteiger charge is -2.10. The fraction of sp³-hybridized carbons (Fsp3) is 0.333. The Morgan fingerprint density at radius 1 is 1.19 bits per heavy atom. The molecular formula is C12H13NO3. The topological polar surface area (TPSA) is 55.4 Å². The number of carbonyl (C=O) groups excluding carboxylic acids is 2. The smallest absolute Gasteiger partial charge is 0.262 e. The van der Waals surface area contributed by atoms with Crippen molar-refractivity contribution in [2.45, 2.75) is 19.8 Å². The monoisotopic (exact) mass is 219 g/mol. The first kappa shape index (κ1) is 10.7. The van der Waals surface area contributed by atoms with E-state index in [1.807, 2.05) is 19.9 Å². The summed E-state index contributed by atoms with van der Waals surface area (Å²) in [6.45, 7) is 4.05. The minimum absolute atomic E-state index is 0.280. The zero-order valence-electron chi connectivity index (χ0n) is 9.46. The van der Waals surface area contributed by atoms with Crippen molar-refractivity contribution < 1.29 is 14.3 Å². The van der Waals surface area contributed by atoms with Gasteiger partial charge in [-0.25, -0.2) is 0 Å². The number of amides is 2. The molecule has 0 aliphatic carbocycles. The van der Waals surface area contributed by atoms with Crippen LogP contribution in [0.2, 0.25) is 0 Å². The van der Waals surface area contributed by atoms with E-state index < -0.39 is 0 Å². The summed E-state index contributed by atoms with van der Waals surface area (Å²) in [5.41, 5.74) is 1.74. The highest BCUT2D eigenvalue weighted by Crippen LogP contribution is 2.30. The number of hydrogen-bond donors (Lipinski definition) is 1. The third-order valence-corrected chi connectivity index (χ3v) is 2.71. The molecule has 1 N–H and O–H groups in total. The largest absolute Gasteiger partial charge is 0.496 e. The van der Waals surface area contributed by atoms with Crippen LogP contribution in [0.1, 0.15) is 46.0 Å². The number of carbonyl (C=O) groups is 2. The van der Waals surface area contributed by atoms with Crippen LogP contribution in [0.15, 0.2) is 12.1 Å². The first-order valence-electron chi connectivity index (χ1n) is 5.12. The fourth-order valence-corrected chi connectivity index (χ4v) is 1.78. The Hall–Kier alpha value is -1.84. The summed E-state index contributed by atoms with van der Waals surface area (Å²) in [6, 6.07) is 3.56. The molecule has 0 radical (unpaired) electrons. The van der Waals surface area contributed by atoms with Gasteiger partial charge in [0, 0.05) is 0 Å². The Balaban J connectivity index is 2.67. The van der Waals surface area contributed by atoms with Gasteiger partial charge in [0.2, 0.25) is 0 Å². The van der Waals surface area contributed by atoms with Crippen molar-refractivity contribution >= 4 is 11.8 Å². The van der Waals surface area contributed by atoms with E-state index in [4.69, 9.17) is 4.74 Å². The molecule has 16 heavy (non-hydrogen) atoms. The molecule has 1 aromatic rings. The predicted octanol–water partition coefficient (Wildman–Crippen LogP) is 1.70. The molecule has 4 nitrogen and oxygen atoms in total. The van der Waals surface area contributed by atoms with E-state index in [1.165, 1.54) is 7.11 Å². The minimum Gasteiger partial charge on any atom is -0.496 e. The Kier molecular flexibility index (Phi) is 2.42. The second kappa shape index (κ2) is 3.63. The summed E-state index contributed by atoms with van der Waals surface area (Å²) in [7, 11) is 1.50. The van der Waals surface area contributed by atoms with Crippen molar-refractivity contribution in [1.82, 2.24) is 5.32 Å². The van der Waals surface area contributed by atoms with E-state index in [9.17, 15) is 9.59 Å². The minimum atomic E-state index is -0.382. The molecule has 0 bridgehead atoms. The maximum Gasteiger partial charge on any atom is 0.262 e. The van der Waals surface area contributed by atoms with Crippen molar-refractivity contribution in [3.63, 3.8) is 0 Å². The number of fused-ring (bicyclic) bond motifs is 1. The number of rotatable bonds is 2. The Bertz CT molecular complexity index is 477. The average molecular weight is 219 g/mol. The predicted molar refractivity (Wildman–Crippen MR) is 58.9 cm³/mol. The van der Waals surface area contributed by atoms with Gasteiger partial charge in [-0.15, -0.1) is 0 Å². The first-order chi connectivity index (χ1) is 7.54. The van der Waals surface area contributed by atoms with E-state index in [-0.39, 0.29) is 17.7 Å². The second-order valence-electron chi connectivity index (χ2n) is 4.08. The highest BCUT2D eigenvalue weighted by Gasteiger charge is 2.31. The van der Waals surface area contributed by atoms with E-state index in [0.717, 1.165) is 5.56 Å². The van der Waals surface area contributed by atoms with Crippen LogP contribution in [0, 0.1) is 0 Å². The Morgan fingerprint density at radius 3 is 2.44 bits per heavy atom. The van der Waals surface area contributed by atoms with Crippen LogP contribution in [-0.2, 0) is 0 Å². The lowest BCUT2D eigenvalue weighted by Crippen LogP contribution is -2.20. The van der Waals surface area contributed by atoms with Gasteiger partial charge in [-0.05, 0) is 23.6 Å². The van der Waals surface area contributed by atoms with Gasteiger partial charge in [-0.2, -0.15) is 0 Å². The number of hydrogen-bond acceptors (Lipinski definition) is 3. The molecule has 1 aliphatic heterocycles. The third kappa shape index (κ3) is 1.46. The summed E-state index contributed by atoms with van der Waals surface area (Å²) in [4.78, 5) is 23.1. The van der Waals surface area contributed by atoms with Crippen LogP contribution in [0.5, 0.6) is 5.75 Å². The molecule has 1 heterocycles. The summed E-state index contributed by atoms with van der Waals surface area (Å²) in [5.74, 6) is 0.0141. The zero-order valence-corrected chi connectivity index (χ0v) is 9.46. The van der Waals surface area contributed by atoms with Crippen molar-refractivity contribution in [1.29, 1.82) is 0 Å². The van der Waals surface area contributed by atoms with E-state index in [1.54, 1.807) is 6.07 Å². The van der Waals surface area contributed by atoms with Gasteiger partial charge in [0.25, 0.3) is 11.8 Å². The average Bonchev–Trinajstić information content (AvgIpc) is 2.53. The lowest BCUT2D eigenvalue weighted by atomic mass is 9.97. The van der Waals surface area contributed by atoms with Crippen LogP contribution >= 0.6 is 0 Å². The normalized spacial score (nSPS) is 14.0. The van der Waals surface area contributed by atoms with E-state index in [0.29, 0.717) is 16.9 Å². The number of benzene rings is 1. The Labute approximate surface area is 93.6 Å². The van der Waals surface area contributed by atoms with Gasteiger partial charge in [0.15, 0.2) is 0 Å². The van der Waals surface area contributed by atoms with Gasteiger partial charge in [-0.3, -0.25) is 14.9 Å². The van der Waals surface area contributed by atoms with Crippen molar-refractivity contribution in [2.24, 2.45) is 0 Å². The Morgan fingerprint density at radius 2 is 1.88 bits per heavy atom. The molecule has 0 saturated carbocycles. The number of imide groups is 1. The highest BCUT2D eigenvalue weighted by molar-refractivity contribution is 6.22. The maximum atomic E-state index is 11.5. The van der Waals surface area contributed by atoms with Crippen molar-refractivity contribution in [3.05, 3.63) is 28.8 Å². The quantitative estimate of drug-likeness (QED) is 0.770. The molecule has 84 valence electrons. The zero-order chi connectivity index (χ0) is 11.9. The molecule has 0 atom stereocenters. The fourth-order valence-electron chi connectivity index (χ4n) is 1.78. The first-order valence-corrected chi connectivity index (χ1v) is 5.12. The molecule has 0 spiro atoms. The maximum absolute atomic E-state index is 11.5. The van der Waals surface area contributed by atoms with Crippen LogP contribution in [0.4, 0.5) is 0 Å². The van der Waals surface area contributed by atoms with Crippen LogP contribution in [0.25, 0.3) is 0 Å². The van der Waals surface area contributed by atoms with E-state index >= 15 is 0 Å². The standard InChI is InChI=1S/C12H13NO3/c1-6(2)7-4-8-10(9(5-7)16-3)12(15)13-11(8)14/h4-6H,1-3H3,(H,13,14,15). The molecule has 1 aliphatic rings. The van der Waals surface area contributed by atoms with Crippen molar-refractivity contribution in [2.75, 3.05) is 7.11 Å². The second-order valence-corrected chi connectivity index (χ2v) is 4.08. The number of nitrogens with one attached hydrogen (secondary N) is 1. The number of ether oxygens (including phenoxy) is 1. The van der Waals surface area contributed by atoms with Gasteiger partial charge in [0.1, 0.15) is 5.75 Å². The van der Waals surface area contributed by atoms with Crippen LogP contribution in [0.3, 0.4) is 0 Å². The SMILES string of the molecule is COc1cc(C(C)C)cc2c1C(=O)NC2=O. The lowest BCUT2D eigenvalue weighted by molar-refractivity contribution is 0.0879. The number of methoxy groups -OCH3 is 1. The summed E-state index contributed by atoms with van der Waals surface area (Å²) < 4.78 is 5.15. The summed E-state index contributed by atoms with van der Waals surface area (Å²) in [6.07, 6.45) is 0. The molecule has 0 aromatic heterocycles.